The van der Waals surface area contributed by atoms with Crippen molar-refractivity contribution in [3.63, 3.8) is 0 Å². The van der Waals surface area contributed by atoms with Crippen molar-refractivity contribution in [3.05, 3.63) is 73.5 Å². The Balaban J connectivity index is 1.69. The molecule has 3 heterocycles. The lowest BCUT2D eigenvalue weighted by atomic mass is 10.1. The molecule has 4 rings (SSSR count). The van der Waals surface area contributed by atoms with Gasteiger partial charge in [-0.3, -0.25) is 9.69 Å². The van der Waals surface area contributed by atoms with Crippen LogP contribution in [0, 0.1) is 13.8 Å². The predicted molar refractivity (Wildman–Crippen MR) is 124 cm³/mol. The first-order valence-corrected chi connectivity index (χ1v) is 11.2. The van der Waals surface area contributed by atoms with Gasteiger partial charge in [0.25, 0.3) is 5.56 Å². The molecule has 0 radical (unpaired) electrons. The summed E-state index contributed by atoms with van der Waals surface area (Å²) in [5.41, 5.74) is 3.64. The Morgan fingerprint density at radius 2 is 1.94 bits per heavy atom. The minimum Gasteiger partial charge on any atom is -0.321 e. The van der Waals surface area contributed by atoms with Crippen molar-refractivity contribution >= 4 is 22.2 Å². The van der Waals surface area contributed by atoms with Crippen molar-refractivity contribution in [2.45, 2.75) is 59.8 Å². The molecule has 1 aromatic carbocycles. The molecule has 0 bridgehead atoms. The van der Waals surface area contributed by atoms with Crippen molar-refractivity contribution in [1.82, 2.24) is 30.1 Å². The van der Waals surface area contributed by atoms with E-state index >= 15 is 0 Å². The number of benzene rings is 1. The smallest absolute Gasteiger partial charge is 0.252 e. The second-order valence-corrected chi connectivity index (χ2v) is 10.1. The van der Waals surface area contributed by atoms with Gasteiger partial charge in [0.05, 0.1) is 17.6 Å². The van der Waals surface area contributed by atoms with Crippen LogP contribution in [-0.4, -0.2) is 30.1 Å². The van der Waals surface area contributed by atoms with E-state index in [0.717, 1.165) is 34.4 Å². The summed E-state index contributed by atoms with van der Waals surface area (Å²) in [4.78, 5) is 19.5. The summed E-state index contributed by atoms with van der Waals surface area (Å²) < 4.78 is 1.85. The molecule has 8 heteroatoms. The molecule has 0 aliphatic heterocycles. The highest BCUT2D eigenvalue weighted by molar-refractivity contribution is 7.09. The maximum atomic E-state index is 12.9. The summed E-state index contributed by atoms with van der Waals surface area (Å²) in [7, 11) is 0. The molecule has 0 aliphatic rings. The van der Waals surface area contributed by atoms with Crippen LogP contribution in [0.15, 0.2) is 40.5 Å². The van der Waals surface area contributed by atoms with Crippen LogP contribution in [0.4, 0.5) is 0 Å². The minimum atomic E-state index is -0.219. The number of pyridine rings is 1. The fraction of sp³-hybridized carbons (Fsp3) is 0.391. The second-order valence-electron chi connectivity index (χ2n) is 9.07. The standard InChI is InChI=1S/C23H28N6OS/c1-15-9-16(2)21-17(10-15)11-18(22(30)24-21)12-28(13-19-7-6-8-31-19)14-20-25-26-27-29(20)23(3,4)5/h6-11H,12-14H2,1-5H3,(H,24,30). The first-order valence-electron chi connectivity index (χ1n) is 10.4. The van der Waals surface area contributed by atoms with E-state index in [1.165, 1.54) is 10.4 Å². The SMILES string of the molecule is Cc1cc(C)c2[nH]c(=O)c(CN(Cc3cccs3)Cc3nnnn3C(C)(C)C)cc2c1. The van der Waals surface area contributed by atoms with E-state index < -0.39 is 0 Å². The number of aryl methyl sites for hydroxylation is 2. The van der Waals surface area contributed by atoms with Crippen LogP contribution in [0.1, 0.15) is 48.2 Å². The zero-order valence-electron chi connectivity index (χ0n) is 18.6. The number of H-pyrrole nitrogens is 1. The van der Waals surface area contributed by atoms with Gasteiger partial charge in [0, 0.05) is 23.5 Å². The number of nitrogens with zero attached hydrogens (tertiary/aromatic N) is 5. The number of rotatable bonds is 6. The fourth-order valence-electron chi connectivity index (χ4n) is 3.91. The number of thiophene rings is 1. The lowest BCUT2D eigenvalue weighted by Crippen LogP contribution is -2.31. The number of nitrogens with one attached hydrogen (secondary N) is 1. The molecule has 0 saturated heterocycles. The number of fused-ring (bicyclic) bond motifs is 1. The maximum Gasteiger partial charge on any atom is 0.252 e. The summed E-state index contributed by atoms with van der Waals surface area (Å²) in [5, 5.41) is 15.5. The van der Waals surface area contributed by atoms with Crippen LogP contribution < -0.4 is 5.56 Å². The third kappa shape index (κ3) is 4.75. The van der Waals surface area contributed by atoms with E-state index in [1.54, 1.807) is 11.3 Å². The van der Waals surface area contributed by atoms with Gasteiger partial charge >= 0.3 is 0 Å². The molecule has 0 fully saturated rings. The third-order valence-corrected chi connectivity index (χ3v) is 6.12. The quantitative estimate of drug-likeness (QED) is 0.491. The van der Waals surface area contributed by atoms with Crippen LogP contribution in [0.3, 0.4) is 0 Å². The largest absolute Gasteiger partial charge is 0.321 e. The summed E-state index contributed by atoms with van der Waals surface area (Å²) >= 11 is 1.71. The summed E-state index contributed by atoms with van der Waals surface area (Å²) in [6, 6.07) is 10.4. The topological polar surface area (TPSA) is 79.7 Å². The molecule has 31 heavy (non-hydrogen) atoms. The van der Waals surface area contributed by atoms with Crippen LogP contribution in [0.2, 0.25) is 0 Å². The first-order chi connectivity index (χ1) is 14.7. The molecule has 0 amide bonds. The molecule has 0 atom stereocenters. The Bertz CT molecular complexity index is 1250. The van der Waals surface area contributed by atoms with E-state index in [-0.39, 0.29) is 11.1 Å². The second kappa shape index (κ2) is 8.36. The maximum absolute atomic E-state index is 12.9. The van der Waals surface area contributed by atoms with Gasteiger partial charge in [-0.2, -0.15) is 0 Å². The highest BCUT2D eigenvalue weighted by atomic mass is 32.1. The molecule has 3 aromatic heterocycles. The molecule has 162 valence electrons. The lowest BCUT2D eigenvalue weighted by molar-refractivity contribution is 0.225. The number of tetrazole rings is 1. The molecule has 0 spiro atoms. The van der Waals surface area contributed by atoms with Gasteiger partial charge in [0.2, 0.25) is 0 Å². The minimum absolute atomic E-state index is 0.0500. The van der Waals surface area contributed by atoms with Gasteiger partial charge in [0.1, 0.15) is 0 Å². The van der Waals surface area contributed by atoms with Crippen molar-refractivity contribution in [1.29, 1.82) is 0 Å². The highest BCUT2D eigenvalue weighted by Gasteiger charge is 2.22. The summed E-state index contributed by atoms with van der Waals surface area (Å²) in [6.07, 6.45) is 0. The van der Waals surface area contributed by atoms with Crippen molar-refractivity contribution < 1.29 is 0 Å². The van der Waals surface area contributed by atoms with Crippen LogP contribution in [0.25, 0.3) is 10.9 Å². The van der Waals surface area contributed by atoms with Crippen molar-refractivity contribution in [2.24, 2.45) is 0 Å². The van der Waals surface area contributed by atoms with Crippen LogP contribution in [-0.2, 0) is 25.2 Å². The highest BCUT2D eigenvalue weighted by Crippen LogP contribution is 2.21. The molecule has 0 unspecified atom stereocenters. The zero-order chi connectivity index (χ0) is 22.2. The monoisotopic (exact) mass is 436 g/mol. The van der Waals surface area contributed by atoms with Crippen LogP contribution in [0.5, 0.6) is 0 Å². The van der Waals surface area contributed by atoms with Gasteiger partial charge < -0.3 is 4.98 Å². The predicted octanol–water partition coefficient (Wildman–Crippen LogP) is 4.15. The van der Waals surface area contributed by atoms with Gasteiger partial charge in [0.15, 0.2) is 5.82 Å². The summed E-state index contributed by atoms with van der Waals surface area (Å²) in [6.45, 7) is 12.1. The Labute approximate surface area is 185 Å². The van der Waals surface area contributed by atoms with Crippen molar-refractivity contribution in [3.8, 4) is 0 Å². The number of hydrogen-bond acceptors (Lipinski definition) is 6. The van der Waals surface area contributed by atoms with E-state index in [4.69, 9.17) is 0 Å². The zero-order valence-corrected chi connectivity index (χ0v) is 19.5. The molecule has 0 aliphatic carbocycles. The van der Waals surface area contributed by atoms with Gasteiger partial charge in [-0.25, -0.2) is 4.68 Å². The van der Waals surface area contributed by atoms with Gasteiger partial charge in [-0.15, -0.1) is 16.4 Å². The third-order valence-electron chi connectivity index (χ3n) is 5.26. The fourth-order valence-corrected chi connectivity index (χ4v) is 4.65. The van der Waals surface area contributed by atoms with Gasteiger partial charge in [-0.1, -0.05) is 17.7 Å². The molecule has 7 nitrogen and oxygen atoms in total. The Kier molecular flexibility index (Phi) is 5.77. The normalized spacial score (nSPS) is 12.2. The van der Waals surface area contributed by atoms with Crippen molar-refractivity contribution in [2.75, 3.05) is 0 Å². The number of aromatic amines is 1. The lowest BCUT2D eigenvalue weighted by Gasteiger charge is -2.24. The number of aromatic nitrogens is 5. The Morgan fingerprint density at radius 1 is 1.13 bits per heavy atom. The average Bonchev–Trinajstić information content (AvgIpc) is 3.34. The average molecular weight is 437 g/mol. The first kappa shape index (κ1) is 21.4. The Morgan fingerprint density at radius 3 is 2.65 bits per heavy atom. The Hall–Kier alpha value is -2.84. The molecule has 0 saturated carbocycles. The molecular weight excluding hydrogens is 408 g/mol. The van der Waals surface area contributed by atoms with E-state index in [9.17, 15) is 4.79 Å². The van der Waals surface area contributed by atoms with E-state index in [0.29, 0.717) is 13.1 Å². The van der Waals surface area contributed by atoms with Crippen LogP contribution >= 0.6 is 11.3 Å². The molecule has 4 aromatic rings. The van der Waals surface area contributed by atoms with E-state index in [1.807, 2.05) is 23.7 Å². The van der Waals surface area contributed by atoms with E-state index in [2.05, 4.69) is 76.7 Å². The summed E-state index contributed by atoms with van der Waals surface area (Å²) in [5.74, 6) is 0.785. The number of hydrogen-bond donors (Lipinski definition) is 1. The molecule has 1 N–H and O–H groups in total. The van der Waals surface area contributed by atoms with Gasteiger partial charge in [-0.05, 0) is 79.6 Å². The molecular formula is C23H28N6OS.